The second kappa shape index (κ2) is 12.5. The van der Waals surface area contributed by atoms with Crippen molar-refractivity contribution in [1.29, 1.82) is 0 Å². The van der Waals surface area contributed by atoms with Gasteiger partial charge in [0.1, 0.15) is 0 Å². The number of hydrogen-bond acceptors (Lipinski definition) is 1. The molecule has 0 bridgehead atoms. The fourth-order valence-electron chi connectivity index (χ4n) is 3.75. The lowest BCUT2D eigenvalue weighted by Crippen LogP contribution is -2.24. The largest absolute Gasteiger partial charge is 0.393 e. The molecule has 0 radical (unpaired) electrons. The van der Waals surface area contributed by atoms with E-state index < -0.39 is 0 Å². The third kappa shape index (κ3) is 9.55. The van der Waals surface area contributed by atoms with Gasteiger partial charge in [-0.1, -0.05) is 90.9 Å². The Morgan fingerprint density at radius 1 is 0.762 bits per heavy atom. The summed E-state index contributed by atoms with van der Waals surface area (Å²) in [6, 6.07) is 0. The summed E-state index contributed by atoms with van der Waals surface area (Å²) in [5.74, 6) is 1.51. The van der Waals surface area contributed by atoms with Crippen LogP contribution in [-0.4, -0.2) is 11.2 Å². The van der Waals surface area contributed by atoms with E-state index in [4.69, 9.17) is 0 Å². The van der Waals surface area contributed by atoms with Gasteiger partial charge in [0.2, 0.25) is 0 Å². The second-order valence-electron chi connectivity index (χ2n) is 7.56. The van der Waals surface area contributed by atoms with Crippen LogP contribution >= 0.6 is 0 Å². The maximum atomic E-state index is 10.3. The quantitative estimate of drug-likeness (QED) is 0.408. The van der Waals surface area contributed by atoms with Crippen LogP contribution in [0.1, 0.15) is 110 Å². The Balaban J connectivity index is 1.85. The Morgan fingerprint density at radius 2 is 1.24 bits per heavy atom. The summed E-state index contributed by atoms with van der Waals surface area (Å²) in [6.45, 7) is 4.63. The average Bonchev–Trinajstić information content (AvgIpc) is 2.49. The fourth-order valence-corrected chi connectivity index (χ4v) is 3.75. The Labute approximate surface area is 133 Å². The van der Waals surface area contributed by atoms with Crippen LogP contribution in [0.3, 0.4) is 0 Å². The molecule has 0 heterocycles. The molecule has 0 aromatic carbocycles. The zero-order valence-electron chi connectivity index (χ0n) is 14.8. The Bertz CT molecular complexity index is 218. The van der Waals surface area contributed by atoms with Gasteiger partial charge in [0.05, 0.1) is 6.10 Å². The van der Waals surface area contributed by atoms with Crippen molar-refractivity contribution < 1.29 is 5.11 Å². The van der Waals surface area contributed by atoms with Crippen LogP contribution in [0.25, 0.3) is 0 Å². The molecule has 1 rings (SSSR count). The molecule has 21 heavy (non-hydrogen) atoms. The number of rotatable bonds is 12. The minimum absolute atomic E-state index is 0.00783. The first kappa shape index (κ1) is 19.0. The maximum Gasteiger partial charge on any atom is 0.0568 e. The molecule has 126 valence electrons. The summed E-state index contributed by atoms with van der Waals surface area (Å²) in [4.78, 5) is 0. The molecule has 0 aromatic rings. The molecule has 1 saturated carbocycles. The van der Waals surface area contributed by atoms with Crippen LogP contribution in [0, 0.1) is 11.8 Å². The van der Waals surface area contributed by atoms with Crippen molar-refractivity contribution in [2.45, 2.75) is 116 Å². The van der Waals surface area contributed by atoms with Crippen molar-refractivity contribution in [1.82, 2.24) is 0 Å². The topological polar surface area (TPSA) is 20.2 Å². The highest BCUT2D eigenvalue weighted by Gasteiger charge is 2.23. The Kier molecular flexibility index (Phi) is 11.3. The van der Waals surface area contributed by atoms with E-state index in [0.717, 1.165) is 12.3 Å². The summed E-state index contributed by atoms with van der Waals surface area (Å²) >= 11 is 0. The number of aliphatic hydroxyl groups excluding tert-OH is 1. The maximum absolute atomic E-state index is 10.3. The lowest BCUT2D eigenvalue weighted by Gasteiger charge is -2.29. The third-order valence-electron chi connectivity index (χ3n) is 5.46. The molecule has 1 N–H and O–H groups in total. The van der Waals surface area contributed by atoms with E-state index in [1.54, 1.807) is 0 Å². The van der Waals surface area contributed by atoms with Crippen molar-refractivity contribution >= 4 is 0 Å². The molecule has 0 aromatic heterocycles. The van der Waals surface area contributed by atoms with E-state index in [1.807, 2.05) is 0 Å². The molecule has 1 aliphatic carbocycles. The highest BCUT2D eigenvalue weighted by molar-refractivity contribution is 4.75. The van der Waals surface area contributed by atoms with Crippen molar-refractivity contribution in [2.75, 3.05) is 0 Å². The number of hydrogen-bond donors (Lipinski definition) is 1. The van der Waals surface area contributed by atoms with Gasteiger partial charge in [-0.2, -0.15) is 0 Å². The van der Waals surface area contributed by atoms with Gasteiger partial charge < -0.3 is 5.11 Å². The van der Waals surface area contributed by atoms with E-state index in [2.05, 4.69) is 13.8 Å². The summed E-state index contributed by atoms with van der Waals surface area (Å²) in [5, 5.41) is 10.3. The van der Waals surface area contributed by atoms with Gasteiger partial charge in [0.25, 0.3) is 0 Å². The molecule has 1 fully saturated rings. The van der Waals surface area contributed by atoms with E-state index in [1.165, 1.54) is 89.9 Å². The summed E-state index contributed by atoms with van der Waals surface area (Å²) in [6.07, 6.45) is 20.1. The third-order valence-corrected chi connectivity index (χ3v) is 5.46. The lowest BCUT2D eigenvalue weighted by atomic mass is 9.79. The van der Waals surface area contributed by atoms with E-state index >= 15 is 0 Å². The first-order valence-corrected chi connectivity index (χ1v) is 9.92. The highest BCUT2D eigenvalue weighted by atomic mass is 16.3. The minimum Gasteiger partial charge on any atom is -0.393 e. The standard InChI is InChI=1S/C20H40O/c1-3-4-5-6-7-8-9-10-11-12-13-20(21)19-16-14-18(2)15-17-19/h18-21H,3-17H2,1-2H3. The normalized spacial score (nSPS) is 24.1. The summed E-state index contributed by atoms with van der Waals surface area (Å²) < 4.78 is 0. The van der Waals surface area contributed by atoms with E-state index in [9.17, 15) is 5.11 Å². The van der Waals surface area contributed by atoms with E-state index in [-0.39, 0.29) is 6.10 Å². The monoisotopic (exact) mass is 296 g/mol. The van der Waals surface area contributed by atoms with Crippen LogP contribution in [0.5, 0.6) is 0 Å². The predicted molar refractivity (Wildman–Crippen MR) is 93.6 cm³/mol. The van der Waals surface area contributed by atoms with E-state index in [0.29, 0.717) is 5.92 Å². The molecule has 1 unspecified atom stereocenters. The van der Waals surface area contributed by atoms with Gasteiger partial charge in [-0.15, -0.1) is 0 Å². The minimum atomic E-state index is -0.00783. The van der Waals surface area contributed by atoms with Gasteiger partial charge in [-0.25, -0.2) is 0 Å². The van der Waals surface area contributed by atoms with Crippen molar-refractivity contribution in [3.63, 3.8) is 0 Å². The zero-order valence-corrected chi connectivity index (χ0v) is 14.8. The van der Waals surface area contributed by atoms with Crippen molar-refractivity contribution in [2.24, 2.45) is 11.8 Å². The fraction of sp³-hybridized carbons (Fsp3) is 1.00. The van der Waals surface area contributed by atoms with Crippen LogP contribution in [0.4, 0.5) is 0 Å². The molecule has 0 saturated heterocycles. The number of aliphatic hydroxyl groups is 1. The van der Waals surface area contributed by atoms with Crippen LogP contribution < -0.4 is 0 Å². The highest BCUT2D eigenvalue weighted by Crippen LogP contribution is 2.31. The SMILES string of the molecule is CCCCCCCCCCCCC(O)C1CCC(C)CC1. The van der Waals surface area contributed by atoms with Gasteiger partial charge in [-0.05, 0) is 31.1 Å². The molecule has 1 atom stereocenters. The van der Waals surface area contributed by atoms with Crippen LogP contribution in [-0.2, 0) is 0 Å². The first-order chi connectivity index (χ1) is 10.2. The zero-order chi connectivity index (χ0) is 15.3. The number of unbranched alkanes of at least 4 members (excludes halogenated alkanes) is 9. The van der Waals surface area contributed by atoms with Gasteiger partial charge in [0, 0.05) is 0 Å². The Morgan fingerprint density at radius 3 is 1.76 bits per heavy atom. The predicted octanol–water partition coefficient (Wildman–Crippen LogP) is 6.48. The van der Waals surface area contributed by atoms with Crippen LogP contribution in [0.15, 0.2) is 0 Å². The molecular formula is C20H40O. The molecule has 1 aliphatic rings. The second-order valence-corrected chi connectivity index (χ2v) is 7.56. The van der Waals surface area contributed by atoms with Gasteiger partial charge in [-0.3, -0.25) is 0 Å². The van der Waals surface area contributed by atoms with Crippen molar-refractivity contribution in [3.8, 4) is 0 Å². The van der Waals surface area contributed by atoms with Crippen molar-refractivity contribution in [3.05, 3.63) is 0 Å². The lowest BCUT2D eigenvalue weighted by molar-refractivity contribution is 0.0665. The smallest absolute Gasteiger partial charge is 0.0568 e. The molecule has 0 amide bonds. The summed E-state index contributed by atoms with van der Waals surface area (Å²) in [5.41, 5.74) is 0. The van der Waals surface area contributed by atoms with Crippen LogP contribution in [0.2, 0.25) is 0 Å². The van der Waals surface area contributed by atoms with Gasteiger partial charge in [0.15, 0.2) is 0 Å². The average molecular weight is 297 g/mol. The first-order valence-electron chi connectivity index (χ1n) is 9.92. The molecule has 0 aliphatic heterocycles. The molecular weight excluding hydrogens is 256 g/mol. The molecule has 0 spiro atoms. The summed E-state index contributed by atoms with van der Waals surface area (Å²) in [7, 11) is 0. The molecule has 1 heteroatoms. The molecule has 1 nitrogen and oxygen atoms in total. The van der Waals surface area contributed by atoms with Gasteiger partial charge >= 0.3 is 0 Å². The Hall–Kier alpha value is -0.0400.